The molecule has 1 heterocycles. The summed E-state index contributed by atoms with van der Waals surface area (Å²) in [4.78, 5) is 10.7. The monoisotopic (exact) mass is 396 g/mol. The summed E-state index contributed by atoms with van der Waals surface area (Å²) in [6, 6.07) is 3.84. The van der Waals surface area contributed by atoms with Gasteiger partial charge < -0.3 is 26.4 Å². The molecule has 0 aliphatic carbocycles. The number of guanidine groups is 1. The lowest BCUT2D eigenvalue weighted by Crippen LogP contribution is -2.34. The highest BCUT2D eigenvalue weighted by Gasteiger charge is 2.08. The highest BCUT2D eigenvalue weighted by Crippen LogP contribution is 2.23. The predicted molar refractivity (Wildman–Crippen MR) is 124 cm³/mol. The molecule has 0 aromatic carbocycles. The first-order chi connectivity index (χ1) is 13.6. The number of nitrogens with zero attached hydrogens (tertiary/aromatic N) is 3. The molecule has 0 saturated heterocycles. The van der Waals surface area contributed by atoms with Crippen molar-refractivity contribution < 1.29 is 4.74 Å². The number of hydrogen-bond donors (Lipinski definition) is 3. The van der Waals surface area contributed by atoms with Gasteiger partial charge in [-0.15, -0.1) is 0 Å². The summed E-state index contributed by atoms with van der Waals surface area (Å²) in [5.41, 5.74) is 12.7. The van der Waals surface area contributed by atoms with Gasteiger partial charge in [-0.1, -0.05) is 48.5 Å². The Morgan fingerprint density at radius 2 is 1.68 bits per heavy atom. The second-order valence-electron chi connectivity index (χ2n) is 5.62. The number of pyridine rings is 1. The third kappa shape index (κ3) is 13.1. The molecule has 0 unspecified atom stereocenters. The van der Waals surface area contributed by atoms with Crippen molar-refractivity contribution in [2.45, 2.75) is 67.7 Å². The minimum absolute atomic E-state index is 0.443. The van der Waals surface area contributed by atoms with Gasteiger partial charge >= 0.3 is 0 Å². The maximum absolute atomic E-state index is 5.92. The molecular formula is C21H44N6O. The number of nitrogens with two attached hydrogens (primary N) is 2. The van der Waals surface area contributed by atoms with Gasteiger partial charge in [0, 0.05) is 37.5 Å². The Morgan fingerprint density at radius 1 is 1.07 bits per heavy atom. The fraction of sp³-hybridized carbons (Fsp3) is 0.714. The van der Waals surface area contributed by atoms with E-state index < -0.39 is 0 Å². The van der Waals surface area contributed by atoms with E-state index in [-0.39, 0.29) is 0 Å². The molecule has 0 atom stereocenters. The summed E-state index contributed by atoms with van der Waals surface area (Å²) in [7, 11) is 0. The third-order valence-electron chi connectivity index (χ3n) is 3.32. The van der Waals surface area contributed by atoms with Crippen molar-refractivity contribution in [3.8, 4) is 5.88 Å². The summed E-state index contributed by atoms with van der Waals surface area (Å²) in [5, 5.41) is 3.01. The molecule has 1 aromatic heterocycles. The zero-order chi connectivity index (χ0) is 21.8. The van der Waals surface area contributed by atoms with Crippen LogP contribution in [0.5, 0.6) is 5.88 Å². The van der Waals surface area contributed by atoms with E-state index in [0.717, 1.165) is 44.6 Å². The van der Waals surface area contributed by atoms with E-state index in [1.54, 1.807) is 0 Å². The Bertz CT molecular complexity index is 502. The first-order valence-electron chi connectivity index (χ1n) is 10.8. The molecule has 0 spiro atoms. The van der Waals surface area contributed by atoms with Crippen molar-refractivity contribution in [1.29, 1.82) is 0 Å². The first kappa shape index (κ1) is 28.0. The van der Waals surface area contributed by atoms with E-state index in [4.69, 9.17) is 16.2 Å². The van der Waals surface area contributed by atoms with Crippen molar-refractivity contribution >= 4 is 17.5 Å². The number of rotatable bonds is 11. The molecule has 5 N–H and O–H groups in total. The van der Waals surface area contributed by atoms with Gasteiger partial charge in [0.15, 0.2) is 5.96 Å². The van der Waals surface area contributed by atoms with E-state index in [0.29, 0.717) is 30.8 Å². The van der Waals surface area contributed by atoms with E-state index in [2.05, 4.69) is 41.0 Å². The SMILES string of the molecule is CC.CC.CCCN=C(N)NCCOc1cc(N(CCC)CCC)cc(N)n1. The van der Waals surface area contributed by atoms with Gasteiger partial charge in [0.1, 0.15) is 12.4 Å². The van der Waals surface area contributed by atoms with Crippen LogP contribution in [0, 0.1) is 0 Å². The first-order valence-corrected chi connectivity index (χ1v) is 10.8. The van der Waals surface area contributed by atoms with E-state index in [1.165, 1.54) is 0 Å². The topological polar surface area (TPSA) is 102 Å². The zero-order valence-electron chi connectivity index (χ0n) is 19.2. The Kier molecular flexibility index (Phi) is 19.6. The lowest BCUT2D eigenvalue weighted by atomic mass is 10.3. The predicted octanol–water partition coefficient (Wildman–Crippen LogP) is 4.04. The maximum atomic E-state index is 5.92. The summed E-state index contributed by atoms with van der Waals surface area (Å²) >= 11 is 0. The number of ether oxygens (including phenoxy) is 1. The smallest absolute Gasteiger partial charge is 0.217 e. The second kappa shape index (κ2) is 19.6. The van der Waals surface area contributed by atoms with E-state index in [9.17, 15) is 0 Å². The van der Waals surface area contributed by atoms with Crippen molar-refractivity contribution in [3.63, 3.8) is 0 Å². The molecule has 0 fully saturated rings. The molecule has 1 rings (SSSR count). The third-order valence-corrected chi connectivity index (χ3v) is 3.32. The fourth-order valence-electron chi connectivity index (χ4n) is 2.30. The Hall–Kier alpha value is -2.18. The molecule has 28 heavy (non-hydrogen) atoms. The van der Waals surface area contributed by atoms with E-state index >= 15 is 0 Å². The summed E-state index contributed by atoms with van der Waals surface area (Å²) in [6.07, 6.45) is 3.14. The van der Waals surface area contributed by atoms with Crippen molar-refractivity contribution in [2.24, 2.45) is 10.7 Å². The van der Waals surface area contributed by atoms with Crippen LogP contribution in [-0.2, 0) is 0 Å². The normalized spacial score (nSPS) is 10.2. The Morgan fingerprint density at radius 3 is 2.21 bits per heavy atom. The van der Waals surface area contributed by atoms with Crippen LogP contribution in [0.4, 0.5) is 11.5 Å². The van der Waals surface area contributed by atoms with Crippen molar-refractivity contribution in [3.05, 3.63) is 12.1 Å². The van der Waals surface area contributed by atoms with Crippen molar-refractivity contribution in [1.82, 2.24) is 10.3 Å². The molecule has 7 nitrogen and oxygen atoms in total. The van der Waals surface area contributed by atoms with Crippen LogP contribution >= 0.6 is 0 Å². The molecule has 0 radical (unpaired) electrons. The molecule has 7 heteroatoms. The minimum atomic E-state index is 0.443. The maximum Gasteiger partial charge on any atom is 0.217 e. The highest BCUT2D eigenvalue weighted by molar-refractivity contribution is 5.77. The molecule has 0 bridgehead atoms. The molecule has 0 amide bonds. The lowest BCUT2D eigenvalue weighted by molar-refractivity contribution is 0.310. The number of hydrogen-bond acceptors (Lipinski definition) is 5. The summed E-state index contributed by atoms with van der Waals surface area (Å²) in [5.74, 6) is 1.45. The number of anilines is 2. The van der Waals surface area contributed by atoms with Gasteiger partial charge in [-0.3, -0.25) is 4.99 Å². The van der Waals surface area contributed by atoms with Crippen LogP contribution < -0.4 is 26.4 Å². The number of aromatic nitrogens is 1. The van der Waals surface area contributed by atoms with Gasteiger partial charge in [-0.05, 0) is 19.3 Å². The van der Waals surface area contributed by atoms with Gasteiger partial charge in [0.05, 0.1) is 6.54 Å². The molecule has 0 saturated carbocycles. The highest BCUT2D eigenvalue weighted by atomic mass is 16.5. The quantitative estimate of drug-likeness (QED) is 0.296. The van der Waals surface area contributed by atoms with Crippen LogP contribution in [0.1, 0.15) is 67.7 Å². The summed E-state index contributed by atoms with van der Waals surface area (Å²) in [6.45, 7) is 18.1. The van der Waals surface area contributed by atoms with E-state index in [1.807, 2.05) is 39.8 Å². The lowest BCUT2D eigenvalue weighted by Gasteiger charge is -2.24. The largest absolute Gasteiger partial charge is 0.476 e. The number of nitrogen functional groups attached to an aromatic ring is 1. The average molecular weight is 397 g/mol. The molecule has 1 aromatic rings. The Labute approximate surface area is 173 Å². The molecular weight excluding hydrogens is 352 g/mol. The minimum Gasteiger partial charge on any atom is -0.476 e. The van der Waals surface area contributed by atoms with Gasteiger partial charge in [-0.2, -0.15) is 4.98 Å². The van der Waals surface area contributed by atoms with Crippen LogP contribution in [0.15, 0.2) is 17.1 Å². The zero-order valence-corrected chi connectivity index (χ0v) is 19.2. The Balaban J connectivity index is 0. The standard InChI is InChI=1S/C17H32N6O.2C2H6/c1-4-7-20-17(19)21-8-11-24-16-13-14(12-15(18)22-16)23(9-5-2)10-6-3;2*1-2/h12-13H,4-11H2,1-3H3,(H2,18,22)(H3,19,20,21);2*1-2H3. The number of nitrogens with one attached hydrogen (secondary N) is 1. The summed E-state index contributed by atoms with van der Waals surface area (Å²) < 4.78 is 5.70. The van der Waals surface area contributed by atoms with Crippen molar-refractivity contribution in [2.75, 3.05) is 43.4 Å². The van der Waals surface area contributed by atoms with Gasteiger partial charge in [0.2, 0.25) is 5.88 Å². The molecule has 164 valence electrons. The van der Waals surface area contributed by atoms with Crippen LogP contribution in [0.3, 0.4) is 0 Å². The number of aliphatic imine (C=N–C) groups is 1. The van der Waals surface area contributed by atoms with Crippen LogP contribution in [0.25, 0.3) is 0 Å². The average Bonchev–Trinajstić information content (AvgIpc) is 2.72. The van der Waals surface area contributed by atoms with Gasteiger partial charge in [-0.25, -0.2) is 0 Å². The molecule has 0 aliphatic heterocycles. The van der Waals surface area contributed by atoms with Gasteiger partial charge in [0.25, 0.3) is 0 Å². The van der Waals surface area contributed by atoms with Crippen LogP contribution in [0.2, 0.25) is 0 Å². The molecule has 0 aliphatic rings. The second-order valence-corrected chi connectivity index (χ2v) is 5.62. The van der Waals surface area contributed by atoms with Crippen LogP contribution in [-0.4, -0.2) is 43.7 Å². The fourth-order valence-corrected chi connectivity index (χ4v) is 2.30.